The molecular weight excluding hydrogens is 388 g/mol. The summed E-state index contributed by atoms with van der Waals surface area (Å²) in [6.07, 6.45) is 1.74. The van der Waals surface area contributed by atoms with E-state index in [-0.39, 0.29) is 12.1 Å². The Morgan fingerprint density at radius 2 is 2.03 bits per heavy atom. The summed E-state index contributed by atoms with van der Waals surface area (Å²) in [5.41, 5.74) is 10.6. The fourth-order valence-electron chi connectivity index (χ4n) is 3.58. The molecule has 0 aliphatic rings. The Labute approximate surface area is 171 Å². The van der Waals surface area contributed by atoms with E-state index in [0.29, 0.717) is 32.7 Å². The highest BCUT2D eigenvalue weighted by Crippen LogP contribution is 2.41. The van der Waals surface area contributed by atoms with Crippen LogP contribution < -0.4 is 11.3 Å². The summed E-state index contributed by atoms with van der Waals surface area (Å²) >= 11 is 6.29. The second kappa shape index (κ2) is 7.17. The Bertz CT molecular complexity index is 1360. The molecule has 0 fully saturated rings. The fraction of sp³-hybridized carbons (Fsp3) is 0.143. The van der Waals surface area contributed by atoms with Gasteiger partial charge in [-0.15, -0.1) is 0 Å². The van der Waals surface area contributed by atoms with Crippen molar-refractivity contribution in [2.75, 3.05) is 0 Å². The Morgan fingerprint density at radius 1 is 1.24 bits per heavy atom. The van der Waals surface area contributed by atoms with Gasteiger partial charge in [-0.1, -0.05) is 23.7 Å². The summed E-state index contributed by atoms with van der Waals surface area (Å²) < 4.78 is 1.72. The molecule has 7 nitrogen and oxygen atoms in total. The van der Waals surface area contributed by atoms with E-state index in [4.69, 9.17) is 23.9 Å². The van der Waals surface area contributed by atoms with E-state index in [1.807, 2.05) is 26.1 Å². The molecule has 0 bridgehead atoms. The molecule has 3 N–H and O–H groups in total. The van der Waals surface area contributed by atoms with E-state index in [1.54, 1.807) is 29.1 Å². The number of nitrogens with zero attached hydrogens (tertiary/aromatic N) is 4. The van der Waals surface area contributed by atoms with E-state index in [0.717, 1.165) is 22.4 Å². The normalized spacial score (nSPS) is 11.0. The molecule has 0 spiro atoms. The lowest BCUT2D eigenvalue weighted by molar-refractivity contribution is 0.776. The van der Waals surface area contributed by atoms with Crippen molar-refractivity contribution in [1.82, 2.24) is 20.0 Å². The second-order valence-corrected chi connectivity index (χ2v) is 7.16. The van der Waals surface area contributed by atoms with E-state index in [9.17, 15) is 4.79 Å². The Kier molecular flexibility index (Phi) is 4.66. The molecule has 29 heavy (non-hydrogen) atoms. The highest BCUT2D eigenvalue weighted by Gasteiger charge is 2.19. The van der Waals surface area contributed by atoms with Gasteiger partial charge in [0.1, 0.15) is 0 Å². The molecule has 0 amide bonds. The van der Waals surface area contributed by atoms with Crippen molar-refractivity contribution >= 4 is 28.1 Å². The van der Waals surface area contributed by atoms with Crippen LogP contribution in [0.15, 0.2) is 41.3 Å². The van der Waals surface area contributed by atoms with Gasteiger partial charge in [-0.25, -0.2) is 9.94 Å². The number of rotatable bonds is 3. The Balaban J connectivity index is 2.01. The zero-order chi connectivity index (χ0) is 20.7. The monoisotopic (exact) mass is 404 g/mol. The van der Waals surface area contributed by atoms with Crippen LogP contribution in [0.25, 0.3) is 38.0 Å². The van der Waals surface area contributed by atoms with Crippen molar-refractivity contribution in [3.63, 3.8) is 0 Å². The van der Waals surface area contributed by atoms with Gasteiger partial charge in [-0.3, -0.25) is 9.48 Å². The van der Waals surface area contributed by atoms with Gasteiger partial charge >= 0.3 is 0 Å². The number of hydrogen-bond donors (Lipinski definition) is 2. The third-order valence-corrected chi connectivity index (χ3v) is 5.16. The van der Waals surface area contributed by atoms with E-state index in [2.05, 4.69) is 20.1 Å². The average molecular weight is 405 g/mol. The topological polar surface area (TPSA) is 93.9 Å². The van der Waals surface area contributed by atoms with Gasteiger partial charge in [-0.05, 0) is 36.2 Å². The molecule has 0 aliphatic heterocycles. The minimum Gasteiger partial charge on any atom is -0.325 e. The highest BCUT2D eigenvalue weighted by atomic mass is 35.5. The lowest BCUT2D eigenvalue weighted by Crippen LogP contribution is -2.13. The number of fused-ring (bicyclic) bond motifs is 1. The largest absolute Gasteiger partial charge is 0.325 e. The molecule has 0 radical (unpaired) electrons. The molecule has 0 unspecified atom stereocenters. The Hall–Kier alpha value is -3.47. The van der Waals surface area contributed by atoms with Gasteiger partial charge in [0.05, 0.1) is 29.5 Å². The molecule has 2 aromatic heterocycles. The summed E-state index contributed by atoms with van der Waals surface area (Å²) in [5, 5.41) is 12.7. The Morgan fingerprint density at radius 3 is 2.76 bits per heavy atom. The number of hydrogen-bond acceptors (Lipinski definition) is 4. The number of nitrogens with one attached hydrogen (secondary N) is 1. The van der Waals surface area contributed by atoms with Crippen LogP contribution in [-0.2, 0) is 13.6 Å². The molecule has 144 valence electrons. The van der Waals surface area contributed by atoms with Crippen molar-refractivity contribution < 1.29 is 0 Å². The lowest BCUT2D eigenvalue weighted by Gasteiger charge is -2.12. The van der Waals surface area contributed by atoms with Crippen LogP contribution in [-0.4, -0.2) is 20.0 Å². The smallest absolute Gasteiger partial charge is 0.272 e. The maximum absolute atomic E-state index is 12.1. The van der Waals surface area contributed by atoms with Crippen LogP contribution in [0.5, 0.6) is 0 Å². The minimum absolute atomic E-state index is 0.200. The molecule has 4 rings (SSSR count). The number of benzene rings is 2. The van der Waals surface area contributed by atoms with Gasteiger partial charge in [-0.2, -0.15) is 10.2 Å². The molecule has 2 heterocycles. The SMILES string of the molecule is [C-]#[N+]c1c(C)cc(Cl)cc1-c1c(-c2ccc3c(=O)[nH]nc(CN)c3c2)cnn1C. The second-order valence-electron chi connectivity index (χ2n) is 6.73. The van der Waals surface area contributed by atoms with E-state index < -0.39 is 0 Å². The molecule has 8 heteroatoms. The minimum atomic E-state index is -0.268. The first-order valence-electron chi connectivity index (χ1n) is 8.86. The van der Waals surface area contributed by atoms with Crippen LogP contribution in [0.2, 0.25) is 5.02 Å². The molecule has 0 saturated carbocycles. The van der Waals surface area contributed by atoms with Gasteiger partial charge in [0.25, 0.3) is 5.56 Å². The summed E-state index contributed by atoms with van der Waals surface area (Å²) in [6, 6.07) is 9.04. The zero-order valence-corrected chi connectivity index (χ0v) is 16.6. The summed E-state index contributed by atoms with van der Waals surface area (Å²) in [5.74, 6) is 0. The zero-order valence-electron chi connectivity index (χ0n) is 15.8. The lowest BCUT2D eigenvalue weighted by atomic mass is 9.97. The third kappa shape index (κ3) is 3.09. The van der Waals surface area contributed by atoms with Crippen molar-refractivity contribution in [3.8, 4) is 22.4 Å². The molecule has 0 atom stereocenters. The van der Waals surface area contributed by atoms with Gasteiger partial charge in [0, 0.05) is 35.1 Å². The number of nitrogens with two attached hydrogens (primary N) is 1. The fourth-order valence-corrected chi connectivity index (χ4v) is 3.85. The third-order valence-electron chi connectivity index (χ3n) is 4.94. The summed E-state index contributed by atoms with van der Waals surface area (Å²) in [7, 11) is 1.82. The van der Waals surface area contributed by atoms with Crippen molar-refractivity contribution in [3.05, 3.63) is 74.6 Å². The van der Waals surface area contributed by atoms with E-state index in [1.165, 1.54) is 0 Å². The average Bonchev–Trinajstić information content (AvgIpc) is 3.09. The molecule has 0 aliphatic carbocycles. The van der Waals surface area contributed by atoms with Crippen LogP contribution in [0.3, 0.4) is 0 Å². The molecule has 0 saturated heterocycles. The molecular formula is C21H17ClN6O. The first-order valence-corrected chi connectivity index (χ1v) is 9.24. The van der Waals surface area contributed by atoms with Crippen molar-refractivity contribution in [1.29, 1.82) is 0 Å². The summed E-state index contributed by atoms with van der Waals surface area (Å²) in [4.78, 5) is 15.8. The molecule has 2 aromatic carbocycles. The number of aromatic amines is 1. The highest BCUT2D eigenvalue weighted by molar-refractivity contribution is 6.31. The van der Waals surface area contributed by atoms with Crippen molar-refractivity contribution in [2.45, 2.75) is 13.5 Å². The van der Waals surface area contributed by atoms with Crippen LogP contribution in [0.1, 0.15) is 11.3 Å². The number of aryl methyl sites for hydroxylation is 2. The van der Waals surface area contributed by atoms with Gasteiger partial charge in [0.2, 0.25) is 0 Å². The number of halogens is 1. The first kappa shape index (κ1) is 18.9. The standard InChI is InChI=1S/C21H17ClN6O/c1-11-6-13(22)8-16(19(11)24-2)20-17(10-25-28(20)3)12-4-5-14-15(7-12)18(9-23)26-27-21(14)29/h4-8,10H,9,23H2,1,3H3,(H,27,29). The van der Waals surface area contributed by atoms with Crippen LogP contribution >= 0.6 is 11.6 Å². The number of aromatic nitrogens is 4. The predicted octanol–water partition coefficient (Wildman–Crippen LogP) is 3.96. The maximum atomic E-state index is 12.1. The van der Waals surface area contributed by atoms with Gasteiger partial charge < -0.3 is 5.73 Å². The number of H-pyrrole nitrogens is 1. The maximum Gasteiger partial charge on any atom is 0.272 e. The summed E-state index contributed by atoms with van der Waals surface area (Å²) in [6.45, 7) is 9.68. The van der Waals surface area contributed by atoms with Crippen molar-refractivity contribution in [2.24, 2.45) is 12.8 Å². The first-order chi connectivity index (χ1) is 13.9. The van der Waals surface area contributed by atoms with E-state index >= 15 is 0 Å². The van der Waals surface area contributed by atoms with Gasteiger partial charge in [0.15, 0.2) is 5.69 Å². The predicted molar refractivity (Wildman–Crippen MR) is 114 cm³/mol. The quantitative estimate of drug-likeness (QED) is 0.505. The van der Waals surface area contributed by atoms with Crippen LogP contribution in [0.4, 0.5) is 5.69 Å². The van der Waals surface area contributed by atoms with Crippen LogP contribution in [0, 0.1) is 13.5 Å². The molecule has 4 aromatic rings.